The van der Waals surface area contributed by atoms with E-state index in [4.69, 9.17) is 0 Å². The Bertz CT molecular complexity index is 507. The molecule has 2 amide bonds. The monoisotopic (exact) mass is 372 g/mol. The van der Waals surface area contributed by atoms with E-state index in [2.05, 4.69) is 20.6 Å². The first kappa shape index (κ1) is 24.0. The third kappa shape index (κ3) is 7.92. The minimum Gasteiger partial charge on any atom is -0.452 e. The lowest BCUT2D eigenvalue weighted by Crippen LogP contribution is -2.56. The smallest absolute Gasteiger partial charge is 0.427 e. The number of methoxy groups -OCH3 is 1. The second kappa shape index (κ2) is 11.6. The number of nitrogens with zero attached hydrogens (tertiary/aromatic N) is 2. The number of aliphatic hydroxyl groups excluding tert-OH is 1. The predicted octanol–water partition coefficient (Wildman–Crippen LogP) is 0.375. The number of hydrogen-bond acceptors (Lipinski definition) is 7. The van der Waals surface area contributed by atoms with Crippen molar-refractivity contribution >= 4 is 24.0 Å². The summed E-state index contributed by atoms with van der Waals surface area (Å²) in [6, 6.07) is -1.43. The van der Waals surface area contributed by atoms with Crippen molar-refractivity contribution in [3.05, 3.63) is 0 Å². The minimum absolute atomic E-state index is 0.0506. The first-order valence-electron chi connectivity index (χ1n) is 8.53. The van der Waals surface area contributed by atoms with Gasteiger partial charge in [0.25, 0.3) is 0 Å². The summed E-state index contributed by atoms with van der Waals surface area (Å²) >= 11 is 0. The number of carbonyl (C=O) groups excluding carboxylic acids is 3. The molecule has 0 rings (SSSR count). The van der Waals surface area contributed by atoms with E-state index >= 15 is 0 Å². The summed E-state index contributed by atoms with van der Waals surface area (Å²) in [4.78, 5) is 36.9. The number of likely N-dealkylation sites (N-methyl/N-ethyl adjacent to an activating group) is 1. The lowest BCUT2D eigenvalue weighted by Gasteiger charge is -2.32. The normalized spacial score (nSPS) is 16.2. The zero-order valence-electron chi connectivity index (χ0n) is 16.6. The highest BCUT2D eigenvalue weighted by molar-refractivity contribution is 5.90. The van der Waals surface area contributed by atoms with Crippen molar-refractivity contribution in [3.8, 4) is 0 Å². The van der Waals surface area contributed by atoms with Crippen LogP contribution in [0.25, 0.3) is 0 Å². The molecule has 0 aliphatic rings. The average molecular weight is 372 g/mol. The van der Waals surface area contributed by atoms with Crippen molar-refractivity contribution in [1.29, 1.82) is 0 Å². The first-order valence-corrected chi connectivity index (χ1v) is 8.53. The van der Waals surface area contributed by atoms with E-state index in [1.54, 1.807) is 25.9 Å². The van der Waals surface area contributed by atoms with E-state index in [0.29, 0.717) is 6.42 Å². The molecule has 0 aliphatic carbocycles. The van der Waals surface area contributed by atoms with Crippen LogP contribution in [0, 0.1) is 11.8 Å². The Labute approximate surface area is 155 Å². The molecule has 0 heterocycles. The van der Waals surface area contributed by atoms with E-state index in [1.165, 1.54) is 20.2 Å². The zero-order chi connectivity index (χ0) is 20.4. The largest absolute Gasteiger partial charge is 0.452 e. The molecule has 0 bridgehead atoms. The van der Waals surface area contributed by atoms with E-state index in [1.807, 2.05) is 13.8 Å². The summed E-state index contributed by atoms with van der Waals surface area (Å²) in [6.07, 6.45) is 0.0867. The van der Waals surface area contributed by atoms with E-state index in [9.17, 15) is 19.5 Å². The van der Waals surface area contributed by atoms with Gasteiger partial charge in [0.05, 0.1) is 19.3 Å². The fourth-order valence-corrected chi connectivity index (χ4v) is 2.49. The van der Waals surface area contributed by atoms with Gasteiger partial charge in [-0.05, 0) is 39.3 Å². The van der Waals surface area contributed by atoms with Crippen molar-refractivity contribution in [1.82, 2.24) is 15.6 Å². The van der Waals surface area contributed by atoms with Gasteiger partial charge < -0.3 is 15.2 Å². The second-order valence-corrected chi connectivity index (χ2v) is 6.87. The maximum Gasteiger partial charge on any atom is 0.427 e. The molecule has 0 saturated carbocycles. The zero-order valence-corrected chi connectivity index (χ0v) is 16.6. The van der Waals surface area contributed by atoms with Crippen LogP contribution in [-0.2, 0) is 14.3 Å². The maximum absolute atomic E-state index is 12.6. The van der Waals surface area contributed by atoms with Crippen LogP contribution < -0.4 is 10.7 Å². The van der Waals surface area contributed by atoms with Crippen molar-refractivity contribution in [2.45, 2.75) is 52.3 Å². The number of hydrogen-bond donors (Lipinski definition) is 3. The van der Waals surface area contributed by atoms with Gasteiger partial charge in [-0.25, -0.2) is 10.2 Å². The van der Waals surface area contributed by atoms with Gasteiger partial charge in [0.15, 0.2) is 5.78 Å². The topological polar surface area (TPSA) is 120 Å². The van der Waals surface area contributed by atoms with Crippen LogP contribution in [0.4, 0.5) is 4.79 Å². The Morgan fingerprint density at radius 1 is 1.23 bits per heavy atom. The number of ether oxygens (including phenoxy) is 1. The first-order chi connectivity index (χ1) is 12.0. The van der Waals surface area contributed by atoms with Crippen LogP contribution in [0.15, 0.2) is 5.10 Å². The Morgan fingerprint density at radius 3 is 2.23 bits per heavy atom. The molecule has 0 aromatic heterocycles. The number of rotatable bonds is 10. The molecule has 3 N–H and O–H groups in total. The van der Waals surface area contributed by atoms with Gasteiger partial charge in [-0.3, -0.25) is 14.5 Å². The van der Waals surface area contributed by atoms with Gasteiger partial charge in [0.1, 0.15) is 6.04 Å². The molecule has 0 saturated heterocycles. The number of aliphatic hydroxyl groups is 1. The third-order valence-electron chi connectivity index (χ3n) is 4.04. The van der Waals surface area contributed by atoms with Gasteiger partial charge in [-0.15, -0.1) is 0 Å². The number of amides is 2. The average Bonchev–Trinajstić information content (AvgIpc) is 2.54. The predicted molar refractivity (Wildman–Crippen MR) is 98.7 cm³/mol. The highest BCUT2D eigenvalue weighted by atomic mass is 16.5. The highest BCUT2D eigenvalue weighted by Gasteiger charge is 2.34. The summed E-state index contributed by atoms with van der Waals surface area (Å²) < 4.78 is 4.38. The quantitative estimate of drug-likeness (QED) is 0.376. The molecule has 0 aromatic rings. The van der Waals surface area contributed by atoms with Crippen molar-refractivity contribution < 1.29 is 24.2 Å². The van der Waals surface area contributed by atoms with Gasteiger partial charge in [-0.2, -0.15) is 5.10 Å². The standard InChI is InChI=1S/C17H32N4O5/c1-10(2)13(12(4)22)19-16(24)14(21(5)6)15(23)11(3)8-9-18-20-17(25)26-7/h9-11,13-15,23H,8H2,1-7H3,(H,19,24)(H,20,25)/b18-9+/t11-,13-,14-,15-/m1/s1. The number of nitrogens with one attached hydrogen (secondary N) is 2. The molecule has 4 atom stereocenters. The summed E-state index contributed by atoms with van der Waals surface area (Å²) in [6.45, 7) is 6.89. The molecule has 0 radical (unpaired) electrons. The Balaban J connectivity index is 4.97. The van der Waals surface area contributed by atoms with Crippen LogP contribution >= 0.6 is 0 Å². The number of carbonyl (C=O) groups is 3. The molecule has 26 heavy (non-hydrogen) atoms. The van der Waals surface area contributed by atoms with Gasteiger partial charge in [-0.1, -0.05) is 20.8 Å². The maximum atomic E-state index is 12.6. The number of Topliss-reactive ketones (excluding diaryl/α,β-unsaturated/α-hetero) is 1. The van der Waals surface area contributed by atoms with Gasteiger partial charge in [0.2, 0.25) is 5.91 Å². The van der Waals surface area contributed by atoms with Crippen molar-refractivity contribution in [3.63, 3.8) is 0 Å². The van der Waals surface area contributed by atoms with Crippen LogP contribution in [0.3, 0.4) is 0 Å². The molecule has 0 fully saturated rings. The van der Waals surface area contributed by atoms with Gasteiger partial charge >= 0.3 is 6.09 Å². The summed E-state index contributed by atoms with van der Waals surface area (Å²) in [7, 11) is 4.60. The van der Waals surface area contributed by atoms with Crippen LogP contribution in [-0.4, -0.2) is 73.4 Å². The SMILES string of the molecule is COC(=O)N/N=C/C[C@@H](C)[C@@H](O)[C@H](C(=O)N[C@@H](C(C)=O)C(C)C)N(C)C. The minimum atomic E-state index is -0.991. The molecule has 150 valence electrons. The Hall–Kier alpha value is -2.00. The van der Waals surface area contributed by atoms with Crippen LogP contribution in [0.2, 0.25) is 0 Å². The fourth-order valence-electron chi connectivity index (χ4n) is 2.49. The summed E-state index contributed by atoms with van der Waals surface area (Å²) in [5, 5.41) is 17.0. The molecule has 0 spiro atoms. The van der Waals surface area contributed by atoms with Crippen molar-refractivity contribution in [2.75, 3.05) is 21.2 Å². The third-order valence-corrected chi connectivity index (χ3v) is 4.04. The lowest BCUT2D eigenvalue weighted by atomic mass is 9.93. The molecule has 9 heteroatoms. The fraction of sp³-hybridized carbons (Fsp3) is 0.765. The summed E-state index contributed by atoms with van der Waals surface area (Å²) in [5.74, 6) is -0.904. The highest BCUT2D eigenvalue weighted by Crippen LogP contribution is 2.15. The molecule has 0 unspecified atom stereocenters. The molecule has 0 aromatic carbocycles. The number of ketones is 1. The molecular weight excluding hydrogens is 340 g/mol. The van der Waals surface area contributed by atoms with E-state index in [-0.39, 0.29) is 17.6 Å². The Kier molecular flexibility index (Phi) is 10.7. The molecule has 0 aliphatic heterocycles. The van der Waals surface area contributed by atoms with Crippen LogP contribution in [0.5, 0.6) is 0 Å². The van der Waals surface area contributed by atoms with E-state index in [0.717, 1.165) is 0 Å². The lowest BCUT2D eigenvalue weighted by molar-refractivity contribution is -0.134. The van der Waals surface area contributed by atoms with Gasteiger partial charge in [0, 0.05) is 6.21 Å². The second-order valence-electron chi connectivity index (χ2n) is 6.87. The van der Waals surface area contributed by atoms with Crippen LogP contribution in [0.1, 0.15) is 34.1 Å². The molecular formula is C17H32N4O5. The summed E-state index contributed by atoms with van der Waals surface area (Å²) in [5.41, 5.74) is 2.15. The van der Waals surface area contributed by atoms with E-state index < -0.39 is 30.2 Å². The van der Waals surface area contributed by atoms with Crippen molar-refractivity contribution in [2.24, 2.45) is 16.9 Å². The molecule has 9 nitrogen and oxygen atoms in total. The Morgan fingerprint density at radius 2 is 1.81 bits per heavy atom. The number of hydrazone groups is 1.